The fourth-order valence-electron chi connectivity index (χ4n) is 2.41. The van der Waals surface area contributed by atoms with Crippen molar-refractivity contribution in [3.05, 3.63) is 10.4 Å². The molecule has 1 aliphatic rings. The highest BCUT2D eigenvalue weighted by Gasteiger charge is 2.29. The molecule has 1 saturated carbocycles. The molecule has 0 aliphatic heterocycles. The predicted octanol–water partition coefficient (Wildman–Crippen LogP) is 4.58. The Bertz CT molecular complexity index is 201. The Labute approximate surface area is 86.5 Å². The zero-order valence-corrected chi connectivity index (χ0v) is 9.21. The summed E-state index contributed by atoms with van der Waals surface area (Å²) in [7, 11) is 0. The molecule has 14 heavy (non-hydrogen) atoms. The zero-order chi connectivity index (χ0) is 10.3. The summed E-state index contributed by atoms with van der Waals surface area (Å²) < 4.78 is 0. The minimum Gasteiger partial charge on any atom is -0.0873 e. The van der Waals surface area contributed by atoms with E-state index in [-0.39, 0.29) is 5.54 Å². The van der Waals surface area contributed by atoms with Gasteiger partial charge in [-0.25, -0.2) is 0 Å². The molecule has 0 N–H and O–H groups in total. The van der Waals surface area contributed by atoms with Crippen LogP contribution in [-0.4, -0.2) is 5.54 Å². The maximum Gasteiger partial charge on any atom is 0.0488 e. The Balaban J connectivity index is 2.47. The summed E-state index contributed by atoms with van der Waals surface area (Å²) in [5.41, 5.74) is 8.59. The molecular weight excluding hydrogens is 174 g/mol. The van der Waals surface area contributed by atoms with Crippen LogP contribution in [0.5, 0.6) is 0 Å². The number of unbranched alkanes of at least 4 members (excludes halogenated alkanes) is 2. The first-order valence-electron chi connectivity index (χ1n) is 5.89. The van der Waals surface area contributed by atoms with Crippen LogP contribution < -0.4 is 0 Å². The lowest BCUT2D eigenvalue weighted by Gasteiger charge is -2.32. The molecule has 1 aliphatic carbocycles. The summed E-state index contributed by atoms with van der Waals surface area (Å²) in [4.78, 5) is 3.04. The van der Waals surface area contributed by atoms with Gasteiger partial charge in [-0.05, 0) is 24.8 Å². The summed E-state index contributed by atoms with van der Waals surface area (Å²) in [5, 5.41) is 4.07. The molecule has 0 aromatic heterocycles. The fourth-order valence-corrected chi connectivity index (χ4v) is 2.41. The monoisotopic (exact) mass is 195 g/mol. The molecule has 0 radical (unpaired) electrons. The van der Waals surface area contributed by atoms with Gasteiger partial charge in [-0.15, -0.1) is 0 Å². The van der Waals surface area contributed by atoms with Crippen LogP contribution in [-0.2, 0) is 0 Å². The normalized spacial score (nSPS) is 20.1. The summed E-state index contributed by atoms with van der Waals surface area (Å²) in [6, 6.07) is 0. The fraction of sp³-hybridized carbons (Fsp3) is 1.00. The van der Waals surface area contributed by atoms with Gasteiger partial charge < -0.3 is 0 Å². The summed E-state index contributed by atoms with van der Waals surface area (Å²) in [6.45, 7) is 2.21. The van der Waals surface area contributed by atoms with Crippen LogP contribution in [0.1, 0.15) is 64.7 Å². The van der Waals surface area contributed by atoms with Gasteiger partial charge in [0.15, 0.2) is 0 Å². The number of azide groups is 1. The Kier molecular flexibility index (Phi) is 4.81. The van der Waals surface area contributed by atoms with Gasteiger partial charge >= 0.3 is 0 Å². The highest BCUT2D eigenvalue weighted by molar-refractivity contribution is 4.90. The lowest BCUT2D eigenvalue weighted by atomic mass is 9.79. The molecular formula is C11H21N3. The molecule has 0 heterocycles. The van der Waals surface area contributed by atoms with Gasteiger partial charge in [0.25, 0.3) is 0 Å². The van der Waals surface area contributed by atoms with Gasteiger partial charge in [0, 0.05) is 10.5 Å². The van der Waals surface area contributed by atoms with Gasteiger partial charge in [0.1, 0.15) is 0 Å². The summed E-state index contributed by atoms with van der Waals surface area (Å²) >= 11 is 0. The van der Waals surface area contributed by atoms with Gasteiger partial charge in [-0.3, -0.25) is 0 Å². The molecule has 0 unspecified atom stereocenters. The Hall–Kier alpha value is -0.690. The third kappa shape index (κ3) is 3.22. The van der Waals surface area contributed by atoms with Crippen LogP contribution in [0, 0.1) is 0 Å². The maximum absolute atomic E-state index is 8.60. The van der Waals surface area contributed by atoms with Crippen LogP contribution in [0.15, 0.2) is 5.11 Å². The van der Waals surface area contributed by atoms with Crippen molar-refractivity contribution in [1.82, 2.24) is 0 Å². The SMILES string of the molecule is CCCCCC1(N=[N+]=[N-])CCCCC1. The van der Waals surface area contributed by atoms with E-state index in [1.165, 1.54) is 38.5 Å². The van der Waals surface area contributed by atoms with Gasteiger partial charge in [-0.2, -0.15) is 0 Å². The van der Waals surface area contributed by atoms with E-state index in [1.54, 1.807) is 0 Å². The molecule has 0 aromatic rings. The number of rotatable bonds is 5. The van der Waals surface area contributed by atoms with Crippen molar-refractivity contribution in [2.24, 2.45) is 5.11 Å². The van der Waals surface area contributed by atoms with E-state index in [2.05, 4.69) is 16.9 Å². The van der Waals surface area contributed by atoms with Crippen molar-refractivity contribution in [2.45, 2.75) is 70.3 Å². The molecule has 0 amide bonds. The molecule has 0 atom stereocenters. The minimum atomic E-state index is -0.0117. The molecule has 0 saturated heterocycles. The van der Waals surface area contributed by atoms with Crippen LogP contribution in [0.3, 0.4) is 0 Å². The number of hydrogen-bond acceptors (Lipinski definition) is 1. The Morgan fingerprint density at radius 2 is 1.93 bits per heavy atom. The minimum absolute atomic E-state index is 0.0117. The van der Waals surface area contributed by atoms with Gasteiger partial charge in [0.2, 0.25) is 0 Å². The van der Waals surface area contributed by atoms with E-state index >= 15 is 0 Å². The lowest BCUT2D eigenvalue weighted by Crippen LogP contribution is -2.28. The average Bonchev–Trinajstić information content (AvgIpc) is 2.20. The van der Waals surface area contributed by atoms with E-state index in [1.807, 2.05) is 0 Å². The van der Waals surface area contributed by atoms with E-state index in [4.69, 9.17) is 5.53 Å². The smallest absolute Gasteiger partial charge is 0.0488 e. The highest BCUT2D eigenvalue weighted by atomic mass is 15.2. The molecule has 80 valence electrons. The standard InChI is InChI=1S/C11H21N3/c1-2-3-5-8-11(13-14-12)9-6-4-7-10-11/h2-10H2,1H3. The summed E-state index contributed by atoms with van der Waals surface area (Å²) in [6.07, 6.45) is 10.9. The van der Waals surface area contributed by atoms with Crippen LogP contribution in [0.2, 0.25) is 0 Å². The van der Waals surface area contributed by atoms with Crippen molar-refractivity contribution in [3.8, 4) is 0 Å². The van der Waals surface area contributed by atoms with Crippen LogP contribution in [0.4, 0.5) is 0 Å². The molecule has 1 fully saturated rings. The quantitative estimate of drug-likeness (QED) is 0.267. The largest absolute Gasteiger partial charge is 0.0873 e. The first-order chi connectivity index (χ1) is 6.83. The van der Waals surface area contributed by atoms with Gasteiger partial charge in [-0.1, -0.05) is 50.6 Å². The van der Waals surface area contributed by atoms with E-state index < -0.39 is 0 Å². The van der Waals surface area contributed by atoms with Crippen LogP contribution >= 0.6 is 0 Å². The summed E-state index contributed by atoms with van der Waals surface area (Å²) in [5.74, 6) is 0. The van der Waals surface area contributed by atoms with Gasteiger partial charge in [0.05, 0.1) is 0 Å². The second kappa shape index (κ2) is 5.92. The lowest BCUT2D eigenvalue weighted by molar-refractivity contribution is 0.270. The Morgan fingerprint density at radius 3 is 2.50 bits per heavy atom. The van der Waals surface area contributed by atoms with E-state index in [0.29, 0.717) is 0 Å². The maximum atomic E-state index is 8.60. The predicted molar refractivity (Wildman–Crippen MR) is 59.1 cm³/mol. The second-order valence-corrected chi connectivity index (χ2v) is 4.43. The third-order valence-corrected chi connectivity index (χ3v) is 3.29. The first-order valence-corrected chi connectivity index (χ1v) is 5.89. The van der Waals surface area contributed by atoms with E-state index in [9.17, 15) is 0 Å². The zero-order valence-electron chi connectivity index (χ0n) is 9.21. The number of hydrogen-bond donors (Lipinski definition) is 0. The molecule has 0 aromatic carbocycles. The highest BCUT2D eigenvalue weighted by Crippen LogP contribution is 2.36. The Morgan fingerprint density at radius 1 is 1.21 bits per heavy atom. The average molecular weight is 195 g/mol. The second-order valence-electron chi connectivity index (χ2n) is 4.43. The van der Waals surface area contributed by atoms with Crippen molar-refractivity contribution in [1.29, 1.82) is 0 Å². The number of nitrogens with zero attached hydrogens (tertiary/aromatic N) is 3. The molecule has 3 heteroatoms. The van der Waals surface area contributed by atoms with Crippen molar-refractivity contribution < 1.29 is 0 Å². The molecule has 0 bridgehead atoms. The van der Waals surface area contributed by atoms with Crippen molar-refractivity contribution >= 4 is 0 Å². The van der Waals surface area contributed by atoms with E-state index in [0.717, 1.165) is 19.3 Å². The molecule has 0 spiro atoms. The first kappa shape index (κ1) is 11.4. The molecule has 1 rings (SSSR count). The molecule has 3 nitrogen and oxygen atoms in total. The topological polar surface area (TPSA) is 48.8 Å². The van der Waals surface area contributed by atoms with Crippen molar-refractivity contribution in [3.63, 3.8) is 0 Å². The van der Waals surface area contributed by atoms with Crippen molar-refractivity contribution in [2.75, 3.05) is 0 Å². The van der Waals surface area contributed by atoms with Crippen LogP contribution in [0.25, 0.3) is 10.4 Å². The third-order valence-electron chi connectivity index (χ3n) is 3.29.